The molecular weight excluding hydrogens is 354 g/mol. The molecule has 0 N–H and O–H groups in total. The molecule has 27 heavy (non-hydrogen) atoms. The molecule has 0 saturated carbocycles. The second kappa shape index (κ2) is 8.64. The minimum atomic E-state index is 0.505. The lowest BCUT2D eigenvalue weighted by Crippen LogP contribution is -2.34. The molecule has 1 fully saturated rings. The van der Waals surface area contributed by atoms with E-state index in [9.17, 15) is 0 Å². The third-order valence-corrected chi connectivity index (χ3v) is 5.46. The Morgan fingerprint density at radius 2 is 1.78 bits per heavy atom. The Kier molecular flexibility index (Phi) is 5.81. The summed E-state index contributed by atoms with van der Waals surface area (Å²) in [4.78, 5) is 11.6. The van der Waals surface area contributed by atoms with Crippen molar-refractivity contribution in [3.05, 3.63) is 94.5 Å². The highest BCUT2D eigenvalue weighted by atomic mass is 35.5. The Hall–Kier alpha value is -2.23. The maximum Gasteiger partial charge on any atom is 0.0450 e. The van der Waals surface area contributed by atoms with Crippen LogP contribution in [0.15, 0.2) is 67.0 Å². The van der Waals surface area contributed by atoms with E-state index in [1.807, 2.05) is 24.5 Å². The van der Waals surface area contributed by atoms with E-state index in [0.29, 0.717) is 5.92 Å². The molecular formula is C23H24ClN3. The van der Waals surface area contributed by atoms with Crippen LogP contribution in [0.5, 0.6) is 0 Å². The van der Waals surface area contributed by atoms with E-state index in [4.69, 9.17) is 16.6 Å². The first-order valence-corrected chi connectivity index (χ1v) is 9.95. The van der Waals surface area contributed by atoms with E-state index in [1.165, 1.54) is 29.7 Å². The molecule has 3 nitrogen and oxygen atoms in total. The summed E-state index contributed by atoms with van der Waals surface area (Å²) < 4.78 is 0. The molecule has 0 amide bonds. The highest BCUT2D eigenvalue weighted by Gasteiger charge is 2.22. The third-order valence-electron chi connectivity index (χ3n) is 5.21. The Bertz CT molecular complexity index is 864. The average molecular weight is 378 g/mol. The minimum Gasteiger partial charge on any atom is -0.298 e. The van der Waals surface area contributed by atoms with Crippen LogP contribution in [0, 0.1) is 0 Å². The zero-order chi connectivity index (χ0) is 18.5. The van der Waals surface area contributed by atoms with Gasteiger partial charge in [0.25, 0.3) is 0 Å². The summed E-state index contributed by atoms with van der Waals surface area (Å²) >= 11 is 5.99. The fourth-order valence-corrected chi connectivity index (χ4v) is 3.95. The standard InChI is InChI=1S/C23H24ClN3/c24-21-8-6-18(7-9-21)15-22-4-1-5-23(26-22)20-3-2-14-27(17-20)16-19-10-12-25-13-11-19/h1,4-13,20H,2-3,14-17H2/t20-/m0/s1. The van der Waals surface area contributed by atoms with E-state index >= 15 is 0 Å². The summed E-state index contributed by atoms with van der Waals surface area (Å²) in [6.07, 6.45) is 7.03. The van der Waals surface area contributed by atoms with Crippen LogP contribution in [0.4, 0.5) is 0 Å². The monoisotopic (exact) mass is 377 g/mol. The van der Waals surface area contributed by atoms with Crippen molar-refractivity contribution in [1.82, 2.24) is 14.9 Å². The van der Waals surface area contributed by atoms with Gasteiger partial charge in [-0.05, 0) is 66.9 Å². The number of aromatic nitrogens is 2. The van der Waals surface area contributed by atoms with Crippen molar-refractivity contribution < 1.29 is 0 Å². The van der Waals surface area contributed by atoms with Crippen molar-refractivity contribution in [1.29, 1.82) is 0 Å². The van der Waals surface area contributed by atoms with Gasteiger partial charge in [0.15, 0.2) is 0 Å². The average Bonchev–Trinajstić information content (AvgIpc) is 2.71. The molecule has 0 bridgehead atoms. The fraction of sp³-hybridized carbons (Fsp3) is 0.304. The molecule has 1 saturated heterocycles. The number of hydrogen-bond donors (Lipinski definition) is 0. The summed E-state index contributed by atoms with van der Waals surface area (Å²) in [5.41, 5.74) is 4.92. The van der Waals surface area contributed by atoms with Gasteiger partial charge in [0, 0.05) is 54.2 Å². The van der Waals surface area contributed by atoms with E-state index in [1.54, 1.807) is 0 Å². The first-order chi connectivity index (χ1) is 13.3. The highest BCUT2D eigenvalue weighted by Crippen LogP contribution is 2.27. The maximum absolute atomic E-state index is 5.99. The van der Waals surface area contributed by atoms with Crippen LogP contribution in [0.25, 0.3) is 0 Å². The topological polar surface area (TPSA) is 29.0 Å². The predicted molar refractivity (Wildman–Crippen MR) is 110 cm³/mol. The number of likely N-dealkylation sites (tertiary alicyclic amines) is 1. The number of benzene rings is 1. The molecule has 0 spiro atoms. The van der Waals surface area contributed by atoms with Crippen LogP contribution in [-0.4, -0.2) is 28.0 Å². The van der Waals surface area contributed by atoms with Crippen molar-refractivity contribution in [3.63, 3.8) is 0 Å². The Morgan fingerprint density at radius 3 is 2.59 bits per heavy atom. The van der Waals surface area contributed by atoms with E-state index in [0.717, 1.165) is 36.8 Å². The zero-order valence-electron chi connectivity index (χ0n) is 15.4. The van der Waals surface area contributed by atoms with Crippen molar-refractivity contribution in [2.75, 3.05) is 13.1 Å². The lowest BCUT2D eigenvalue weighted by Gasteiger charge is -2.32. The summed E-state index contributed by atoms with van der Waals surface area (Å²) in [6, 6.07) is 18.7. The van der Waals surface area contributed by atoms with Gasteiger partial charge in [0.1, 0.15) is 0 Å². The van der Waals surface area contributed by atoms with E-state index in [-0.39, 0.29) is 0 Å². The normalized spacial score (nSPS) is 17.7. The molecule has 1 aromatic carbocycles. The van der Waals surface area contributed by atoms with Crippen molar-refractivity contribution in [2.45, 2.75) is 31.7 Å². The minimum absolute atomic E-state index is 0.505. The van der Waals surface area contributed by atoms with E-state index < -0.39 is 0 Å². The number of hydrogen-bond acceptors (Lipinski definition) is 3. The van der Waals surface area contributed by atoms with Crippen LogP contribution >= 0.6 is 11.6 Å². The molecule has 0 aliphatic carbocycles. The molecule has 2 aromatic heterocycles. The number of piperidine rings is 1. The van der Waals surface area contributed by atoms with Crippen LogP contribution in [-0.2, 0) is 13.0 Å². The fourth-order valence-electron chi connectivity index (χ4n) is 3.82. The maximum atomic E-state index is 5.99. The number of pyridine rings is 2. The molecule has 0 radical (unpaired) electrons. The molecule has 0 unspecified atom stereocenters. The number of rotatable bonds is 5. The molecule has 3 aromatic rings. The smallest absolute Gasteiger partial charge is 0.0450 e. The summed E-state index contributed by atoms with van der Waals surface area (Å²) in [6.45, 7) is 3.21. The molecule has 4 rings (SSSR count). The molecule has 1 aliphatic heterocycles. The van der Waals surface area contributed by atoms with E-state index in [2.05, 4.69) is 52.3 Å². The lowest BCUT2D eigenvalue weighted by molar-refractivity contribution is 0.198. The van der Waals surface area contributed by atoms with Gasteiger partial charge in [-0.25, -0.2) is 0 Å². The van der Waals surface area contributed by atoms with Crippen molar-refractivity contribution in [2.24, 2.45) is 0 Å². The van der Waals surface area contributed by atoms with Crippen LogP contribution in [0.3, 0.4) is 0 Å². The lowest BCUT2D eigenvalue weighted by atomic mass is 9.93. The largest absolute Gasteiger partial charge is 0.298 e. The summed E-state index contributed by atoms with van der Waals surface area (Å²) in [5.74, 6) is 0.505. The molecule has 3 heterocycles. The van der Waals surface area contributed by atoms with Crippen molar-refractivity contribution >= 4 is 11.6 Å². The first-order valence-electron chi connectivity index (χ1n) is 9.58. The van der Waals surface area contributed by atoms with Gasteiger partial charge < -0.3 is 0 Å². The highest BCUT2D eigenvalue weighted by molar-refractivity contribution is 6.30. The predicted octanol–water partition coefficient (Wildman–Crippen LogP) is 5.10. The van der Waals surface area contributed by atoms with Crippen molar-refractivity contribution in [3.8, 4) is 0 Å². The van der Waals surface area contributed by atoms with Crippen LogP contribution in [0.2, 0.25) is 5.02 Å². The number of halogens is 1. The first kappa shape index (κ1) is 18.1. The summed E-state index contributed by atoms with van der Waals surface area (Å²) in [5, 5.41) is 0.775. The summed E-state index contributed by atoms with van der Waals surface area (Å²) in [7, 11) is 0. The quantitative estimate of drug-likeness (QED) is 0.619. The Balaban J connectivity index is 1.43. The van der Waals surface area contributed by atoms with Gasteiger partial charge in [-0.1, -0.05) is 29.8 Å². The zero-order valence-corrected chi connectivity index (χ0v) is 16.1. The second-order valence-electron chi connectivity index (χ2n) is 7.29. The Morgan fingerprint density at radius 1 is 0.963 bits per heavy atom. The SMILES string of the molecule is Clc1ccc(Cc2cccc([C@H]3CCCN(Cc4ccncc4)C3)n2)cc1. The van der Waals surface area contributed by atoms with Gasteiger partial charge in [-0.15, -0.1) is 0 Å². The number of nitrogens with zero attached hydrogens (tertiary/aromatic N) is 3. The third kappa shape index (κ3) is 4.94. The van der Waals surface area contributed by atoms with Gasteiger partial charge in [0.05, 0.1) is 0 Å². The van der Waals surface area contributed by atoms with Gasteiger partial charge in [-0.2, -0.15) is 0 Å². The Labute approximate surface area is 166 Å². The van der Waals surface area contributed by atoms with Crippen LogP contribution < -0.4 is 0 Å². The van der Waals surface area contributed by atoms with Crippen LogP contribution in [0.1, 0.15) is 41.3 Å². The van der Waals surface area contributed by atoms with Gasteiger partial charge in [0.2, 0.25) is 0 Å². The molecule has 4 heteroatoms. The molecule has 1 aliphatic rings. The van der Waals surface area contributed by atoms with Gasteiger partial charge >= 0.3 is 0 Å². The van der Waals surface area contributed by atoms with Gasteiger partial charge in [-0.3, -0.25) is 14.9 Å². The molecule has 138 valence electrons. The second-order valence-corrected chi connectivity index (χ2v) is 7.72. The molecule has 1 atom stereocenters.